The van der Waals surface area contributed by atoms with Crippen LogP contribution in [0.4, 0.5) is 0 Å². The van der Waals surface area contributed by atoms with Gasteiger partial charge in [0.2, 0.25) is 5.91 Å². The minimum atomic E-state index is -0.828. The van der Waals surface area contributed by atoms with Crippen LogP contribution >= 0.6 is 0 Å². The number of rotatable bonds is 6. The van der Waals surface area contributed by atoms with Crippen molar-refractivity contribution in [2.45, 2.75) is 63.8 Å². The molecule has 1 amide bonds. The Kier molecular flexibility index (Phi) is 5.68. The van der Waals surface area contributed by atoms with Gasteiger partial charge >= 0.3 is 5.97 Å². The Hall–Kier alpha value is -1.99. The molecule has 0 spiro atoms. The summed E-state index contributed by atoms with van der Waals surface area (Å²) in [7, 11) is 1.39. The summed E-state index contributed by atoms with van der Waals surface area (Å²) in [5.41, 5.74) is -0.828. The molecule has 23 heavy (non-hydrogen) atoms. The average Bonchev–Trinajstić information content (AvgIpc) is 3.11. The molecule has 0 aliphatic heterocycles. The number of nitrogens with zero attached hydrogens (tertiary/aromatic N) is 3. The second-order valence-electron chi connectivity index (χ2n) is 6.02. The normalized spacial score (nSPS) is 21.7. The van der Waals surface area contributed by atoms with Gasteiger partial charge in [-0.05, 0) is 25.7 Å². The lowest BCUT2D eigenvalue weighted by molar-refractivity contribution is -0.148. The Labute approximate surface area is 135 Å². The van der Waals surface area contributed by atoms with Crippen molar-refractivity contribution in [2.24, 2.45) is 5.92 Å². The first kappa shape index (κ1) is 17.4. The number of tetrazole rings is 1. The molecule has 1 fully saturated rings. The van der Waals surface area contributed by atoms with Crippen molar-refractivity contribution in [3.8, 4) is 0 Å². The van der Waals surface area contributed by atoms with Crippen LogP contribution in [0.5, 0.6) is 0 Å². The Morgan fingerprint density at radius 3 is 2.57 bits per heavy atom. The van der Waals surface area contributed by atoms with E-state index in [0.29, 0.717) is 18.7 Å². The number of aromatic nitrogens is 4. The Morgan fingerprint density at radius 2 is 2.00 bits per heavy atom. The highest BCUT2D eigenvalue weighted by molar-refractivity contribution is 5.88. The number of aromatic amines is 1. The van der Waals surface area contributed by atoms with Crippen LogP contribution in [-0.4, -0.2) is 45.7 Å². The van der Waals surface area contributed by atoms with Gasteiger partial charge in [0.05, 0.1) is 13.0 Å². The fraction of sp³-hybridized carbons (Fsp3) is 0.800. The molecular weight excluding hydrogens is 298 g/mol. The van der Waals surface area contributed by atoms with Gasteiger partial charge in [0.1, 0.15) is 5.41 Å². The molecule has 128 valence electrons. The SMILES string of the molecule is CCC(CC)(C(=O)N[C@@H]1CCCC[C@@H]1C(=O)OC)c1nn[nH]n1. The van der Waals surface area contributed by atoms with Gasteiger partial charge in [0.15, 0.2) is 5.82 Å². The lowest BCUT2D eigenvalue weighted by Gasteiger charge is -2.34. The molecule has 8 nitrogen and oxygen atoms in total. The van der Waals surface area contributed by atoms with E-state index in [0.717, 1.165) is 25.7 Å². The first-order chi connectivity index (χ1) is 11.1. The quantitative estimate of drug-likeness (QED) is 0.759. The van der Waals surface area contributed by atoms with Crippen LogP contribution in [-0.2, 0) is 19.7 Å². The van der Waals surface area contributed by atoms with Gasteiger partial charge in [-0.1, -0.05) is 31.9 Å². The van der Waals surface area contributed by atoms with Crippen molar-refractivity contribution in [3.05, 3.63) is 5.82 Å². The number of H-pyrrole nitrogens is 1. The summed E-state index contributed by atoms with van der Waals surface area (Å²) in [5, 5.41) is 17.1. The summed E-state index contributed by atoms with van der Waals surface area (Å²) in [4.78, 5) is 24.9. The third-order valence-electron chi connectivity index (χ3n) is 5.00. The minimum absolute atomic E-state index is 0.148. The van der Waals surface area contributed by atoms with E-state index in [9.17, 15) is 9.59 Å². The second-order valence-corrected chi connectivity index (χ2v) is 6.02. The van der Waals surface area contributed by atoms with E-state index >= 15 is 0 Å². The number of nitrogens with one attached hydrogen (secondary N) is 2. The third kappa shape index (κ3) is 3.35. The summed E-state index contributed by atoms with van der Waals surface area (Å²) in [5.74, 6) is -0.294. The second kappa shape index (κ2) is 7.52. The zero-order valence-electron chi connectivity index (χ0n) is 14.0. The molecular formula is C15H25N5O3. The van der Waals surface area contributed by atoms with E-state index in [-0.39, 0.29) is 23.8 Å². The van der Waals surface area contributed by atoms with E-state index in [1.54, 1.807) is 0 Å². The molecule has 2 atom stereocenters. The molecule has 0 radical (unpaired) electrons. The van der Waals surface area contributed by atoms with Crippen molar-refractivity contribution in [1.82, 2.24) is 25.9 Å². The topological polar surface area (TPSA) is 110 Å². The van der Waals surface area contributed by atoms with Gasteiger partial charge in [0, 0.05) is 6.04 Å². The molecule has 1 aromatic rings. The standard InChI is InChI=1S/C15H25N5O3/c1-4-15(5-2,13-17-19-20-18-13)14(22)16-11-9-7-6-8-10(11)12(21)23-3/h10-11H,4-9H2,1-3H3,(H,16,22)(H,17,18,19,20)/t10-,11+/m0/s1. The van der Waals surface area contributed by atoms with E-state index in [4.69, 9.17) is 4.74 Å². The maximum absolute atomic E-state index is 13.0. The lowest BCUT2D eigenvalue weighted by atomic mass is 9.78. The van der Waals surface area contributed by atoms with Gasteiger partial charge in [-0.15, -0.1) is 10.2 Å². The number of hydrogen-bond donors (Lipinski definition) is 2. The molecule has 1 heterocycles. The molecule has 1 aliphatic rings. The fourth-order valence-electron chi connectivity index (χ4n) is 3.40. The van der Waals surface area contributed by atoms with Crippen LogP contribution in [0.3, 0.4) is 0 Å². The molecule has 0 aromatic carbocycles. The fourth-order valence-corrected chi connectivity index (χ4v) is 3.40. The van der Waals surface area contributed by atoms with Crippen molar-refractivity contribution in [1.29, 1.82) is 0 Å². The van der Waals surface area contributed by atoms with Gasteiger partial charge in [-0.25, -0.2) is 0 Å². The van der Waals surface area contributed by atoms with Crippen molar-refractivity contribution in [3.63, 3.8) is 0 Å². The Bertz CT molecular complexity index is 527. The van der Waals surface area contributed by atoms with Crippen LogP contribution in [0.15, 0.2) is 0 Å². The van der Waals surface area contributed by atoms with Crippen LogP contribution in [0.2, 0.25) is 0 Å². The van der Waals surface area contributed by atoms with Crippen molar-refractivity contribution in [2.75, 3.05) is 7.11 Å². The predicted octanol–water partition coefficient (Wildman–Crippen LogP) is 1.11. The molecule has 2 rings (SSSR count). The van der Waals surface area contributed by atoms with E-state index in [1.807, 2.05) is 13.8 Å². The summed E-state index contributed by atoms with van der Waals surface area (Å²) in [6, 6.07) is -0.201. The van der Waals surface area contributed by atoms with Crippen LogP contribution in [0.1, 0.15) is 58.2 Å². The molecule has 1 saturated carbocycles. The number of hydrogen-bond acceptors (Lipinski definition) is 6. The van der Waals surface area contributed by atoms with Gasteiger partial charge in [-0.3, -0.25) is 9.59 Å². The van der Waals surface area contributed by atoms with Crippen molar-refractivity contribution >= 4 is 11.9 Å². The average molecular weight is 323 g/mol. The van der Waals surface area contributed by atoms with E-state index in [2.05, 4.69) is 25.9 Å². The molecule has 0 saturated heterocycles. The first-order valence-electron chi connectivity index (χ1n) is 8.21. The maximum atomic E-state index is 13.0. The van der Waals surface area contributed by atoms with Crippen LogP contribution in [0.25, 0.3) is 0 Å². The maximum Gasteiger partial charge on any atom is 0.310 e. The predicted molar refractivity (Wildman–Crippen MR) is 82.3 cm³/mol. The zero-order valence-corrected chi connectivity index (χ0v) is 14.0. The van der Waals surface area contributed by atoms with Gasteiger partial charge in [-0.2, -0.15) is 5.21 Å². The summed E-state index contributed by atoms with van der Waals surface area (Å²) in [6.07, 6.45) is 4.61. The zero-order chi connectivity index (χ0) is 16.9. The number of carbonyl (C=O) groups is 2. The highest BCUT2D eigenvalue weighted by Gasteiger charge is 2.43. The van der Waals surface area contributed by atoms with Crippen molar-refractivity contribution < 1.29 is 14.3 Å². The molecule has 8 heteroatoms. The van der Waals surface area contributed by atoms with E-state index in [1.165, 1.54) is 7.11 Å². The Balaban J connectivity index is 2.19. The highest BCUT2D eigenvalue weighted by Crippen LogP contribution is 2.31. The van der Waals surface area contributed by atoms with Crippen LogP contribution < -0.4 is 5.32 Å². The number of amides is 1. The third-order valence-corrected chi connectivity index (χ3v) is 5.00. The molecule has 0 bridgehead atoms. The Morgan fingerprint density at radius 1 is 1.30 bits per heavy atom. The summed E-state index contributed by atoms with van der Waals surface area (Å²) in [6.45, 7) is 3.86. The lowest BCUT2D eigenvalue weighted by Crippen LogP contribution is -2.52. The number of carbonyl (C=O) groups excluding carboxylic acids is 2. The largest absolute Gasteiger partial charge is 0.469 e. The first-order valence-corrected chi connectivity index (χ1v) is 8.21. The molecule has 1 aliphatic carbocycles. The monoisotopic (exact) mass is 323 g/mol. The van der Waals surface area contributed by atoms with Gasteiger partial charge in [0.25, 0.3) is 0 Å². The summed E-state index contributed by atoms with van der Waals surface area (Å²) >= 11 is 0. The molecule has 0 unspecified atom stereocenters. The molecule has 2 N–H and O–H groups in total. The number of methoxy groups -OCH3 is 1. The van der Waals surface area contributed by atoms with Crippen LogP contribution in [0, 0.1) is 5.92 Å². The van der Waals surface area contributed by atoms with E-state index < -0.39 is 5.41 Å². The number of esters is 1. The van der Waals surface area contributed by atoms with Gasteiger partial charge < -0.3 is 10.1 Å². The highest BCUT2D eigenvalue weighted by atomic mass is 16.5. The minimum Gasteiger partial charge on any atom is -0.469 e. The summed E-state index contributed by atoms with van der Waals surface area (Å²) < 4.78 is 4.88. The smallest absolute Gasteiger partial charge is 0.310 e. The number of ether oxygens (including phenoxy) is 1. The molecule has 1 aromatic heterocycles.